The van der Waals surface area contributed by atoms with Crippen molar-refractivity contribution in [1.29, 1.82) is 0 Å². The zero-order valence-corrected chi connectivity index (χ0v) is 13.7. The van der Waals surface area contributed by atoms with Crippen LogP contribution in [0.1, 0.15) is 29.9 Å². The maximum Gasteiger partial charge on any atom is 0.220 e. The molecule has 122 valence electrons. The molecule has 0 fully saturated rings. The van der Waals surface area contributed by atoms with Gasteiger partial charge in [-0.25, -0.2) is 0 Å². The van der Waals surface area contributed by atoms with Gasteiger partial charge < -0.3 is 10.4 Å². The summed E-state index contributed by atoms with van der Waals surface area (Å²) in [7, 11) is 0. The number of rotatable bonds is 8. The summed E-state index contributed by atoms with van der Waals surface area (Å²) in [5, 5.41) is 13.1. The van der Waals surface area contributed by atoms with E-state index in [4.69, 9.17) is 11.6 Å². The summed E-state index contributed by atoms with van der Waals surface area (Å²) in [4.78, 5) is 16.0. The Balaban J connectivity index is 1.73. The van der Waals surface area contributed by atoms with Gasteiger partial charge in [-0.3, -0.25) is 9.78 Å². The quantitative estimate of drug-likeness (QED) is 0.781. The number of aliphatic hydroxyl groups is 1. The Morgan fingerprint density at radius 3 is 2.78 bits per heavy atom. The van der Waals surface area contributed by atoms with Crippen molar-refractivity contribution in [1.82, 2.24) is 10.3 Å². The van der Waals surface area contributed by atoms with Gasteiger partial charge in [-0.15, -0.1) is 0 Å². The second-order valence-electron chi connectivity index (χ2n) is 5.41. The molecule has 1 amide bonds. The number of nitrogens with zero attached hydrogens (tertiary/aromatic N) is 1. The molecular weight excluding hydrogens is 312 g/mol. The predicted molar refractivity (Wildman–Crippen MR) is 91.5 cm³/mol. The van der Waals surface area contributed by atoms with Crippen molar-refractivity contribution in [3.8, 4) is 0 Å². The number of amides is 1. The first-order chi connectivity index (χ1) is 11.2. The van der Waals surface area contributed by atoms with Crippen molar-refractivity contribution in [3.63, 3.8) is 0 Å². The molecule has 1 unspecified atom stereocenters. The van der Waals surface area contributed by atoms with E-state index in [2.05, 4.69) is 10.3 Å². The second-order valence-corrected chi connectivity index (χ2v) is 5.82. The third-order valence-electron chi connectivity index (χ3n) is 3.73. The number of aromatic nitrogens is 1. The summed E-state index contributed by atoms with van der Waals surface area (Å²) < 4.78 is 0. The Morgan fingerprint density at radius 2 is 2.09 bits per heavy atom. The van der Waals surface area contributed by atoms with Gasteiger partial charge in [-0.1, -0.05) is 35.9 Å². The summed E-state index contributed by atoms with van der Waals surface area (Å²) in [6.45, 7) is 0.388. The van der Waals surface area contributed by atoms with E-state index in [0.29, 0.717) is 13.0 Å². The minimum atomic E-state index is -0.129. The number of aliphatic hydroxyl groups excluding tert-OH is 1. The molecule has 2 rings (SSSR count). The lowest BCUT2D eigenvalue weighted by molar-refractivity contribution is -0.121. The van der Waals surface area contributed by atoms with Gasteiger partial charge in [0.1, 0.15) is 0 Å². The van der Waals surface area contributed by atoms with E-state index in [0.717, 1.165) is 29.0 Å². The molecule has 0 aliphatic heterocycles. The summed E-state index contributed by atoms with van der Waals surface area (Å²) in [6, 6.07) is 11.4. The minimum Gasteiger partial charge on any atom is -0.396 e. The van der Waals surface area contributed by atoms with Crippen LogP contribution in [0.4, 0.5) is 0 Å². The van der Waals surface area contributed by atoms with Gasteiger partial charge >= 0.3 is 0 Å². The molecule has 0 aliphatic rings. The predicted octanol–water partition coefficient (Wildman–Crippen LogP) is 2.95. The smallest absolute Gasteiger partial charge is 0.220 e. The fourth-order valence-electron chi connectivity index (χ4n) is 2.37. The molecule has 0 bridgehead atoms. The molecule has 2 aromatic rings. The van der Waals surface area contributed by atoms with Crippen LogP contribution < -0.4 is 5.32 Å². The van der Waals surface area contributed by atoms with Crippen LogP contribution in [0.5, 0.6) is 0 Å². The molecule has 2 N–H and O–H groups in total. The van der Waals surface area contributed by atoms with Gasteiger partial charge in [-0.05, 0) is 36.1 Å². The summed E-state index contributed by atoms with van der Waals surface area (Å²) in [6.07, 6.45) is 5.36. The van der Waals surface area contributed by atoms with E-state index < -0.39 is 0 Å². The van der Waals surface area contributed by atoms with Gasteiger partial charge in [0.2, 0.25) is 5.91 Å². The number of hydrogen-bond acceptors (Lipinski definition) is 3. The van der Waals surface area contributed by atoms with Crippen LogP contribution in [-0.4, -0.2) is 29.1 Å². The monoisotopic (exact) mass is 332 g/mol. The van der Waals surface area contributed by atoms with E-state index in [1.165, 1.54) is 0 Å². The van der Waals surface area contributed by atoms with Crippen LogP contribution in [0.15, 0.2) is 48.8 Å². The van der Waals surface area contributed by atoms with Gasteiger partial charge in [0.25, 0.3) is 0 Å². The Bertz CT molecular complexity index is 619. The molecule has 0 saturated heterocycles. The largest absolute Gasteiger partial charge is 0.396 e. The van der Waals surface area contributed by atoms with Gasteiger partial charge in [0, 0.05) is 36.3 Å². The Kier molecular flexibility index (Phi) is 7.04. The van der Waals surface area contributed by atoms with Crippen LogP contribution in [0.3, 0.4) is 0 Å². The second kappa shape index (κ2) is 9.28. The fraction of sp³-hybridized carbons (Fsp3) is 0.333. The third-order valence-corrected chi connectivity index (χ3v) is 4.10. The number of aryl methyl sites for hydroxylation is 1. The van der Waals surface area contributed by atoms with Crippen LogP contribution in [-0.2, 0) is 11.2 Å². The number of nitrogens with one attached hydrogen (secondary N) is 1. The first kappa shape index (κ1) is 17.4. The van der Waals surface area contributed by atoms with Crippen molar-refractivity contribution in [2.75, 3.05) is 13.2 Å². The van der Waals surface area contributed by atoms with Crippen LogP contribution in [0.25, 0.3) is 0 Å². The van der Waals surface area contributed by atoms with Crippen LogP contribution in [0.2, 0.25) is 5.02 Å². The van der Waals surface area contributed by atoms with Gasteiger partial charge in [0.05, 0.1) is 6.61 Å². The van der Waals surface area contributed by atoms with Crippen molar-refractivity contribution < 1.29 is 9.90 Å². The van der Waals surface area contributed by atoms with Crippen molar-refractivity contribution >= 4 is 17.5 Å². The SMILES string of the molecule is O=C(CCCc1ccccc1Cl)NCC(CO)c1cccnc1. The van der Waals surface area contributed by atoms with E-state index in [1.54, 1.807) is 12.4 Å². The van der Waals surface area contributed by atoms with Crippen LogP contribution in [0, 0.1) is 0 Å². The maximum atomic E-state index is 11.9. The zero-order chi connectivity index (χ0) is 16.5. The summed E-state index contributed by atoms with van der Waals surface area (Å²) in [5.74, 6) is -0.143. The highest BCUT2D eigenvalue weighted by Crippen LogP contribution is 2.17. The van der Waals surface area contributed by atoms with E-state index >= 15 is 0 Å². The standard InChI is InChI=1S/C18H21ClN2O2/c19-17-8-2-1-5-14(17)6-3-9-18(23)21-12-16(13-22)15-7-4-10-20-11-15/h1-2,4-5,7-8,10-11,16,22H,3,6,9,12-13H2,(H,21,23). The molecule has 0 aliphatic carbocycles. The first-order valence-electron chi connectivity index (χ1n) is 7.71. The molecule has 1 atom stereocenters. The van der Waals surface area contributed by atoms with E-state index in [-0.39, 0.29) is 18.4 Å². The highest BCUT2D eigenvalue weighted by Gasteiger charge is 2.12. The first-order valence-corrected chi connectivity index (χ1v) is 8.09. The average Bonchev–Trinajstić information content (AvgIpc) is 2.58. The Morgan fingerprint density at radius 1 is 1.26 bits per heavy atom. The highest BCUT2D eigenvalue weighted by atomic mass is 35.5. The molecule has 23 heavy (non-hydrogen) atoms. The van der Waals surface area contributed by atoms with Crippen molar-refractivity contribution in [2.24, 2.45) is 0 Å². The molecule has 4 nitrogen and oxygen atoms in total. The fourth-order valence-corrected chi connectivity index (χ4v) is 2.60. The van der Waals surface area contributed by atoms with Crippen molar-refractivity contribution in [3.05, 3.63) is 64.9 Å². The Labute approximate surface area is 141 Å². The number of benzene rings is 1. The maximum absolute atomic E-state index is 11.9. The molecule has 5 heteroatoms. The molecule has 1 heterocycles. The third kappa shape index (κ3) is 5.66. The lowest BCUT2D eigenvalue weighted by atomic mass is 10.0. The lowest BCUT2D eigenvalue weighted by Crippen LogP contribution is -2.29. The number of halogens is 1. The van der Waals surface area contributed by atoms with E-state index in [9.17, 15) is 9.90 Å². The topological polar surface area (TPSA) is 62.2 Å². The zero-order valence-electron chi connectivity index (χ0n) is 12.9. The van der Waals surface area contributed by atoms with Gasteiger partial charge in [-0.2, -0.15) is 0 Å². The van der Waals surface area contributed by atoms with Crippen LogP contribution >= 0.6 is 11.6 Å². The Hall–Kier alpha value is -1.91. The lowest BCUT2D eigenvalue weighted by Gasteiger charge is -2.15. The molecule has 0 radical (unpaired) electrons. The summed E-state index contributed by atoms with van der Waals surface area (Å²) in [5.41, 5.74) is 1.98. The molecule has 1 aromatic heterocycles. The minimum absolute atomic E-state index is 0.0145. The number of hydrogen-bond donors (Lipinski definition) is 2. The van der Waals surface area contributed by atoms with Gasteiger partial charge in [0.15, 0.2) is 0 Å². The molecule has 0 spiro atoms. The van der Waals surface area contributed by atoms with Crippen molar-refractivity contribution in [2.45, 2.75) is 25.2 Å². The number of pyridine rings is 1. The molecular formula is C18H21ClN2O2. The normalized spacial score (nSPS) is 11.9. The number of carbonyl (C=O) groups is 1. The number of carbonyl (C=O) groups excluding carboxylic acids is 1. The molecule has 0 saturated carbocycles. The summed E-state index contributed by atoms with van der Waals surface area (Å²) >= 11 is 6.09. The highest BCUT2D eigenvalue weighted by molar-refractivity contribution is 6.31. The van der Waals surface area contributed by atoms with E-state index in [1.807, 2.05) is 36.4 Å². The molecule has 1 aromatic carbocycles. The average molecular weight is 333 g/mol.